The molecule has 0 aromatic carbocycles. The van der Waals surface area contributed by atoms with E-state index in [1.807, 2.05) is 0 Å². The number of hydrogen-bond donors (Lipinski definition) is 2. The Morgan fingerprint density at radius 3 is 2.48 bits per heavy atom. The Hall–Kier alpha value is -0.600. The van der Waals surface area contributed by atoms with Gasteiger partial charge in [0.05, 0.1) is 6.10 Å². The van der Waals surface area contributed by atoms with Crippen LogP contribution in [0.25, 0.3) is 0 Å². The van der Waals surface area contributed by atoms with Gasteiger partial charge in [-0.1, -0.05) is 51.0 Å². The van der Waals surface area contributed by atoms with Crippen LogP contribution in [0.2, 0.25) is 0 Å². The van der Waals surface area contributed by atoms with Crippen molar-refractivity contribution < 1.29 is 10.2 Å². The molecule has 0 unspecified atom stereocenters. The highest BCUT2D eigenvalue weighted by molar-refractivity contribution is 5.31. The molecule has 31 heavy (non-hydrogen) atoms. The molecule has 2 nitrogen and oxygen atoms in total. The summed E-state index contributed by atoms with van der Waals surface area (Å²) in [5, 5.41) is 21.0. The van der Waals surface area contributed by atoms with Crippen molar-refractivity contribution in [2.75, 3.05) is 6.61 Å². The van der Waals surface area contributed by atoms with Crippen molar-refractivity contribution in [2.45, 2.75) is 105 Å². The molecule has 4 aliphatic rings. The fourth-order valence-electron chi connectivity index (χ4n) is 9.21. The van der Waals surface area contributed by atoms with Crippen LogP contribution >= 0.6 is 0 Å². The molecule has 0 spiro atoms. The van der Waals surface area contributed by atoms with Crippen LogP contribution in [-0.2, 0) is 0 Å². The smallest absolute Gasteiger partial charge is 0.0628 e. The first kappa shape index (κ1) is 23.6. The van der Waals surface area contributed by atoms with Gasteiger partial charge in [0, 0.05) is 12.0 Å². The molecule has 8 atom stereocenters. The van der Waals surface area contributed by atoms with Crippen LogP contribution in [0.3, 0.4) is 0 Å². The van der Waals surface area contributed by atoms with Gasteiger partial charge >= 0.3 is 0 Å². The van der Waals surface area contributed by atoms with E-state index in [-0.39, 0.29) is 16.9 Å². The third kappa shape index (κ3) is 3.68. The lowest BCUT2D eigenvalue weighted by Crippen LogP contribution is -2.54. The zero-order valence-electron chi connectivity index (χ0n) is 21.1. The summed E-state index contributed by atoms with van der Waals surface area (Å²) in [7, 11) is 0. The van der Waals surface area contributed by atoms with Crippen LogP contribution in [0.4, 0.5) is 0 Å². The maximum atomic E-state index is 10.7. The first-order chi connectivity index (χ1) is 14.6. The molecule has 0 aliphatic heterocycles. The number of fused-ring (bicyclic) bond motifs is 5. The highest BCUT2D eigenvalue weighted by atomic mass is 16.3. The van der Waals surface area contributed by atoms with E-state index in [2.05, 4.69) is 53.7 Å². The Labute approximate surface area is 191 Å². The molecule has 0 aromatic rings. The van der Waals surface area contributed by atoms with Crippen LogP contribution in [0, 0.1) is 45.8 Å². The standard InChI is InChI=1S/C29H48O2/c1-19(2)8-7-9-20(18-30)22-11-12-23-21-10-13-25-27(3,4)26(31)15-17-29(25,6)24(21)14-16-28(22,23)5/h8,13,20-24,26,30-31H,7,9-12,14-18H2,1-6H3/t20-,21-,22+,23-,24-,26+,28+,29+/m0/s1. The molecule has 0 bridgehead atoms. The van der Waals surface area contributed by atoms with Crippen molar-refractivity contribution in [1.29, 1.82) is 0 Å². The Bertz CT molecular complexity index is 729. The fraction of sp³-hybridized carbons (Fsp3) is 0.862. The summed E-state index contributed by atoms with van der Waals surface area (Å²) in [5.74, 6) is 3.50. The van der Waals surface area contributed by atoms with Crippen LogP contribution in [0.1, 0.15) is 99.3 Å². The molecule has 2 heteroatoms. The molecule has 2 N–H and O–H groups in total. The number of aliphatic hydroxyl groups is 2. The summed E-state index contributed by atoms with van der Waals surface area (Å²) in [6.07, 6.45) is 15.6. The van der Waals surface area contributed by atoms with E-state index in [1.165, 1.54) is 37.7 Å². The lowest BCUT2D eigenvalue weighted by atomic mass is 9.44. The van der Waals surface area contributed by atoms with Crippen LogP contribution in [0.5, 0.6) is 0 Å². The van der Waals surface area contributed by atoms with E-state index >= 15 is 0 Å². The predicted molar refractivity (Wildman–Crippen MR) is 130 cm³/mol. The van der Waals surface area contributed by atoms with E-state index in [0.29, 0.717) is 23.9 Å². The predicted octanol–water partition coefficient (Wildman–Crippen LogP) is 6.92. The number of rotatable bonds is 5. The van der Waals surface area contributed by atoms with E-state index < -0.39 is 0 Å². The fourth-order valence-corrected chi connectivity index (χ4v) is 9.21. The third-order valence-corrected chi connectivity index (χ3v) is 10.9. The minimum Gasteiger partial charge on any atom is -0.396 e. The summed E-state index contributed by atoms with van der Waals surface area (Å²) >= 11 is 0. The Balaban J connectivity index is 1.57. The van der Waals surface area contributed by atoms with Gasteiger partial charge in [0.2, 0.25) is 0 Å². The summed E-state index contributed by atoms with van der Waals surface area (Å²) in [5.41, 5.74) is 3.54. The second kappa shape index (κ2) is 8.32. The zero-order valence-corrected chi connectivity index (χ0v) is 21.1. The summed E-state index contributed by atoms with van der Waals surface area (Å²) in [6.45, 7) is 14.4. The van der Waals surface area contributed by atoms with Gasteiger partial charge in [-0.2, -0.15) is 0 Å². The van der Waals surface area contributed by atoms with Gasteiger partial charge in [0.15, 0.2) is 0 Å². The highest BCUT2D eigenvalue weighted by Crippen LogP contribution is 2.68. The SMILES string of the molecule is CC(C)=CCC[C@@H](CO)[C@H]1CC[C@H]2[C@@H]3CC=C4C(C)(C)[C@H](O)CC[C@]4(C)[C@H]3CC[C@]12C. The van der Waals surface area contributed by atoms with Crippen molar-refractivity contribution in [2.24, 2.45) is 45.8 Å². The minimum atomic E-state index is -0.195. The average Bonchev–Trinajstić information content (AvgIpc) is 3.05. The number of hydrogen-bond acceptors (Lipinski definition) is 2. The van der Waals surface area contributed by atoms with Crippen LogP contribution in [-0.4, -0.2) is 22.9 Å². The molecule has 0 radical (unpaired) electrons. The van der Waals surface area contributed by atoms with Gasteiger partial charge in [-0.3, -0.25) is 0 Å². The van der Waals surface area contributed by atoms with Gasteiger partial charge in [0.1, 0.15) is 0 Å². The van der Waals surface area contributed by atoms with Crippen molar-refractivity contribution in [3.63, 3.8) is 0 Å². The number of allylic oxidation sites excluding steroid dienone is 3. The van der Waals surface area contributed by atoms with E-state index in [1.54, 1.807) is 5.57 Å². The van der Waals surface area contributed by atoms with Gasteiger partial charge in [0.25, 0.3) is 0 Å². The summed E-state index contributed by atoms with van der Waals surface area (Å²) in [6, 6.07) is 0. The van der Waals surface area contributed by atoms with Gasteiger partial charge < -0.3 is 10.2 Å². The Morgan fingerprint density at radius 2 is 1.81 bits per heavy atom. The Kier molecular flexibility index (Phi) is 6.32. The summed E-state index contributed by atoms with van der Waals surface area (Å²) < 4.78 is 0. The second-order valence-electron chi connectivity index (χ2n) is 13.0. The Morgan fingerprint density at radius 1 is 1.06 bits per heavy atom. The van der Waals surface area contributed by atoms with Crippen molar-refractivity contribution >= 4 is 0 Å². The molecule has 4 aliphatic carbocycles. The maximum absolute atomic E-state index is 10.7. The normalized spacial score (nSPS) is 44.5. The maximum Gasteiger partial charge on any atom is 0.0628 e. The van der Waals surface area contributed by atoms with Crippen LogP contribution in [0.15, 0.2) is 23.3 Å². The molecule has 0 saturated heterocycles. The molecule has 176 valence electrons. The topological polar surface area (TPSA) is 40.5 Å². The van der Waals surface area contributed by atoms with Crippen molar-refractivity contribution in [3.8, 4) is 0 Å². The lowest BCUT2D eigenvalue weighted by Gasteiger charge is -2.61. The quantitative estimate of drug-likeness (QED) is 0.467. The van der Waals surface area contributed by atoms with Crippen molar-refractivity contribution in [1.82, 2.24) is 0 Å². The third-order valence-electron chi connectivity index (χ3n) is 10.9. The van der Waals surface area contributed by atoms with Gasteiger partial charge in [-0.15, -0.1) is 0 Å². The van der Waals surface area contributed by atoms with E-state index in [4.69, 9.17) is 0 Å². The largest absolute Gasteiger partial charge is 0.396 e. The van der Waals surface area contributed by atoms with E-state index in [0.717, 1.165) is 43.4 Å². The minimum absolute atomic E-state index is 0.0795. The van der Waals surface area contributed by atoms with Gasteiger partial charge in [-0.05, 0) is 112 Å². The molecular weight excluding hydrogens is 380 g/mol. The van der Waals surface area contributed by atoms with E-state index in [9.17, 15) is 10.2 Å². The molecule has 3 saturated carbocycles. The molecular formula is C29H48O2. The average molecular weight is 429 g/mol. The van der Waals surface area contributed by atoms with Crippen LogP contribution < -0.4 is 0 Å². The molecule has 3 fully saturated rings. The van der Waals surface area contributed by atoms with Crippen molar-refractivity contribution in [3.05, 3.63) is 23.3 Å². The molecule has 4 rings (SSSR count). The monoisotopic (exact) mass is 428 g/mol. The molecule has 0 aromatic heterocycles. The zero-order chi connectivity index (χ0) is 22.6. The first-order valence-corrected chi connectivity index (χ1v) is 13.2. The summed E-state index contributed by atoms with van der Waals surface area (Å²) in [4.78, 5) is 0. The lowest BCUT2D eigenvalue weighted by molar-refractivity contribution is -0.0810. The number of aliphatic hydroxyl groups excluding tert-OH is 2. The first-order valence-electron chi connectivity index (χ1n) is 13.2. The highest BCUT2D eigenvalue weighted by Gasteiger charge is 2.61. The van der Waals surface area contributed by atoms with Gasteiger partial charge in [-0.25, -0.2) is 0 Å². The molecule has 0 amide bonds. The second-order valence-corrected chi connectivity index (χ2v) is 13.0. The molecule has 0 heterocycles.